The summed E-state index contributed by atoms with van der Waals surface area (Å²) in [6.45, 7) is -0.0994. The van der Waals surface area contributed by atoms with E-state index in [1.165, 1.54) is 10.6 Å². The van der Waals surface area contributed by atoms with Crippen molar-refractivity contribution in [2.45, 2.75) is 5.79 Å². The van der Waals surface area contributed by atoms with Crippen molar-refractivity contribution < 1.29 is 9.90 Å². The smallest absolute Gasteiger partial charge is 0.303 e. The van der Waals surface area contributed by atoms with Gasteiger partial charge in [0, 0.05) is 48.2 Å². The molecule has 2 heterocycles. The van der Waals surface area contributed by atoms with Crippen molar-refractivity contribution in [2.75, 3.05) is 18.5 Å². The lowest BCUT2D eigenvalue weighted by atomic mass is 10.1. The van der Waals surface area contributed by atoms with E-state index in [-0.39, 0.29) is 13.2 Å². The van der Waals surface area contributed by atoms with Crippen molar-refractivity contribution >= 4 is 35.3 Å². The van der Waals surface area contributed by atoms with Crippen LogP contribution in [0.4, 0.5) is 5.69 Å². The number of pyridine rings is 1. The largest absolute Gasteiger partial charge is 0.395 e. The van der Waals surface area contributed by atoms with Crippen LogP contribution in [0.25, 0.3) is 5.70 Å². The number of rotatable bonds is 6. The molecule has 2 aromatic rings. The Kier molecular flexibility index (Phi) is 5.50. The highest BCUT2D eigenvalue weighted by atomic mass is 35.5. The van der Waals surface area contributed by atoms with Crippen molar-refractivity contribution in [1.29, 1.82) is 0 Å². The molecule has 8 heteroatoms. The lowest BCUT2D eigenvalue weighted by Gasteiger charge is -2.39. The zero-order chi connectivity index (χ0) is 18.4. The van der Waals surface area contributed by atoms with Crippen LogP contribution in [0.15, 0.2) is 65.9 Å². The van der Waals surface area contributed by atoms with E-state index in [0.29, 0.717) is 11.4 Å². The highest BCUT2D eigenvalue weighted by molar-refractivity contribution is 6.21. The van der Waals surface area contributed by atoms with Gasteiger partial charge in [0.15, 0.2) is 0 Å². The number of carbonyl (C=O) groups excluding carboxylic acids is 1. The standard InChI is InChI=1S/C18H18ClN5O2/c19-24-16(14-6-9-20-10-7-14)8-11-22-18(24,17(26)21-12-13-25)23-15-4-2-1-3-5-15/h1-11,23,25H,12-13H2,(H,21,26). The molecule has 0 bridgehead atoms. The van der Waals surface area contributed by atoms with E-state index in [1.54, 1.807) is 30.6 Å². The maximum atomic E-state index is 12.9. The topological polar surface area (TPSA) is 89.8 Å². The van der Waals surface area contributed by atoms with Gasteiger partial charge in [-0.1, -0.05) is 18.2 Å². The minimum atomic E-state index is -1.61. The summed E-state index contributed by atoms with van der Waals surface area (Å²) in [5, 5.41) is 14.8. The summed E-state index contributed by atoms with van der Waals surface area (Å²) >= 11 is 6.61. The van der Waals surface area contributed by atoms with Gasteiger partial charge < -0.3 is 15.7 Å². The number of carbonyl (C=O) groups is 1. The lowest BCUT2D eigenvalue weighted by Crippen LogP contribution is -2.60. The van der Waals surface area contributed by atoms with Crippen LogP contribution in [0, 0.1) is 0 Å². The van der Waals surface area contributed by atoms with Gasteiger partial charge in [-0.05, 0) is 30.3 Å². The van der Waals surface area contributed by atoms with Crippen LogP contribution in [0.2, 0.25) is 0 Å². The zero-order valence-electron chi connectivity index (χ0n) is 13.8. The number of hydrogen-bond acceptors (Lipinski definition) is 6. The Bertz CT molecular complexity index is 813. The number of halogens is 1. The molecule has 1 unspecified atom stereocenters. The number of aromatic nitrogens is 1. The molecule has 0 aliphatic carbocycles. The van der Waals surface area contributed by atoms with E-state index in [9.17, 15) is 4.79 Å². The van der Waals surface area contributed by atoms with Gasteiger partial charge in [0.25, 0.3) is 5.91 Å². The second-order valence-electron chi connectivity index (χ2n) is 5.49. The number of aliphatic imine (C=N–C) groups is 1. The zero-order valence-corrected chi connectivity index (χ0v) is 14.6. The van der Waals surface area contributed by atoms with Crippen molar-refractivity contribution in [1.82, 2.24) is 14.7 Å². The minimum absolute atomic E-state index is 0.0889. The summed E-state index contributed by atoms with van der Waals surface area (Å²) in [5.41, 5.74) is 2.05. The summed E-state index contributed by atoms with van der Waals surface area (Å²) < 4.78 is 1.25. The summed E-state index contributed by atoms with van der Waals surface area (Å²) in [5.74, 6) is -2.09. The third-order valence-electron chi connectivity index (χ3n) is 3.77. The minimum Gasteiger partial charge on any atom is -0.395 e. The highest BCUT2D eigenvalue weighted by Gasteiger charge is 2.46. The summed E-state index contributed by atoms with van der Waals surface area (Å²) in [6.07, 6.45) is 6.53. The molecule has 1 aliphatic heterocycles. The van der Waals surface area contributed by atoms with Crippen LogP contribution in [0.5, 0.6) is 0 Å². The molecule has 1 atom stereocenters. The molecule has 0 saturated carbocycles. The Morgan fingerprint density at radius 3 is 2.62 bits per heavy atom. The van der Waals surface area contributed by atoms with Gasteiger partial charge in [-0.15, -0.1) is 0 Å². The van der Waals surface area contributed by atoms with Gasteiger partial charge in [-0.3, -0.25) is 9.78 Å². The van der Waals surface area contributed by atoms with E-state index in [0.717, 1.165) is 5.56 Å². The molecular formula is C18H18ClN5O2. The Morgan fingerprint density at radius 2 is 1.92 bits per heavy atom. The van der Waals surface area contributed by atoms with Crippen LogP contribution >= 0.6 is 11.8 Å². The normalized spacial score (nSPS) is 19.0. The molecule has 3 N–H and O–H groups in total. The first-order chi connectivity index (χ1) is 12.7. The first-order valence-electron chi connectivity index (χ1n) is 8.02. The second kappa shape index (κ2) is 7.99. The number of aliphatic hydroxyl groups excluding tert-OH is 1. The predicted octanol–water partition coefficient (Wildman–Crippen LogP) is 1.84. The van der Waals surface area contributed by atoms with Gasteiger partial charge >= 0.3 is 5.79 Å². The first kappa shape index (κ1) is 17.9. The van der Waals surface area contributed by atoms with E-state index in [2.05, 4.69) is 20.6 Å². The van der Waals surface area contributed by atoms with Crippen LogP contribution in [0.3, 0.4) is 0 Å². The van der Waals surface area contributed by atoms with Crippen molar-refractivity contribution in [3.05, 3.63) is 66.5 Å². The molecule has 1 aromatic heterocycles. The lowest BCUT2D eigenvalue weighted by molar-refractivity contribution is -0.128. The average Bonchev–Trinajstić information content (AvgIpc) is 2.69. The number of nitrogens with one attached hydrogen (secondary N) is 2. The molecule has 0 fully saturated rings. The van der Waals surface area contributed by atoms with Gasteiger partial charge in [0.2, 0.25) is 0 Å². The van der Waals surface area contributed by atoms with Crippen molar-refractivity contribution in [3.8, 4) is 0 Å². The third kappa shape index (κ3) is 3.54. The predicted molar refractivity (Wildman–Crippen MR) is 101 cm³/mol. The molecule has 134 valence electrons. The molecule has 0 saturated heterocycles. The Morgan fingerprint density at radius 1 is 1.19 bits per heavy atom. The molecule has 7 nitrogen and oxygen atoms in total. The third-order valence-corrected chi connectivity index (χ3v) is 4.20. The van der Waals surface area contributed by atoms with Crippen LogP contribution < -0.4 is 10.6 Å². The molecule has 1 aromatic carbocycles. The fourth-order valence-electron chi connectivity index (χ4n) is 2.54. The number of para-hydroxylation sites is 1. The number of anilines is 1. The highest BCUT2D eigenvalue weighted by Crippen LogP contribution is 2.34. The number of amides is 1. The number of benzene rings is 1. The molecule has 0 spiro atoms. The Balaban J connectivity index is 1.99. The number of allylic oxidation sites excluding steroid dienone is 1. The summed E-state index contributed by atoms with van der Waals surface area (Å²) in [6, 6.07) is 12.8. The molecule has 1 amide bonds. The van der Waals surface area contributed by atoms with Gasteiger partial charge in [0.1, 0.15) is 0 Å². The molecular weight excluding hydrogens is 354 g/mol. The molecule has 3 rings (SSSR count). The van der Waals surface area contributed by atoms with Gasteiger partial charge in [0.05, 0.1) is 12.3 Å². The Labute approximate surface area is 156 Å². The maximum absolute atomic E-state index is 12.9. The Hall–Kier alpha value is -2.90. The van der Waals surface area contributed by atoms with Crippen molar-refractivity contribution in [2.24, 2.45) is 4.99 Å². The van der Waals surface area contributed by atoms with Crippen LogP contribution in [-0.4, -0.2) is 45.6 Å². The number of nitrogens with zero attached hydrogens (tertiary/aromatic N) is 3. The van der Waals surface area contributed by atoms with Crippen LogP contribution in [-0.2, 0) is 4.79 Å². The fourth-order valence-corrected chi connectivity index (χ4v) is 2.86. The second-order valence-corrected chi connectivity index (χ2v) is 5.83. The van der Waals surface area contributed by atoms with E-state index in [1.807, 2.05) is 30.3 Å². The van der Waals surface area contributed by atoms with E-state index < -0.39 is 11.7 Å². The first-order valence-corrected chi connectivity index (χ1v) is 8.35. The molecule has 0 radical (unpaired) electrons. The summed E-state index contributed by atoms with van der Waals surface area (Å²) in [7, 11) is 0. The van der Waals surface area contributed by atoms with Crippen molar-refractivity contribution in [3.63, 3.8) is 0 Å². The monoisotopic (exact) mass is 371 g/mol. The van der Waals surface area contributed by atoms with Crippen LogP contribution in [0.1, 0.15) is 5.56 Å². The van der Waals surface area contributed by atoms with Gasteiger partial charge in [-0.2, -0.15) is 0 Å². The summed E-state index contributed by atoms with van der Waals surface area (Å²) in [4.78, 5) is 21.2. The maximum Gasteiger partial charge on any atom is 0.303 e. The molecule has 26 heavy (non-hydrogen) atoms. The van der Waals surface area contributed by atoms with E-state index >= 15 is 0 Å². The van der Waals surface area contributed by atoms with E-state index in [4.69, 9.17) is 16.9 Å². The SMILES string of the molecule is O=C(NCCO)C1(Nc2ccccc2)N=CC=C(c2ccncc2)N1Cl. The number of aliphatic hydroxyl groups is 1. The fraction of sp³-hybridized carbons (Fsp3) is 0.167. The molecule has 1 aliphatic rings. The van der Waals surface area contributed by atoms with Gasteiger partial charge in [-0.25, -0.2) is 9.41 Å². The number of hydrogen-bond donors (Lipinski definition) is 3. The average molecular weight is 372 g/mol. The quantitative estimate of drug-likeness (QED) is 0.674.